The molecule has 0 bridgehead atoms. The molecule has 0 unspecified atom stereocenters. The second-order valence-electron chi connectivity index (χ2n) is 2.72. The topological polar surface area (TPSA) is 101 Å². The predicted octanol–water partition coefficient (Wildman–Crippen LogP) is 0.706. The SMILES string of the molecule is Cc1c([N+](=O)[O-])cccc1P(=O)(O)O. The van der Waals surface area contributed by atoms with E-state index in [1.165, 1.54) is 25.1 Å². The van der Waals surface area contributed by atoms with Gasteiger partial charge in [0.05, 0.1) is 10.2 Å². The summed E-state index contributed by atoms with van der Waals surface area (Å²) in [6.07, 6.45) is 0. The molecular formula is C7H8NO5P. The number of nitro benzene ring substituents is 1. The third-order valence-electron chi connectivity index (χ3n) is 1.79. The van der Waals surface area contributed by atoms with Crippen LogP contribution in [0.2, 0.25) is 0 Å². The molecule has 76 valence electrons. The summed E-state index contributed by atoms with van der Waals surface area (Å²) >= 11 is 0. The summed E-state index contributed by atoms with van der Waals surface area (Å²) in [4.78, 5) is 27.5. The first-order chi connectivity index (χ1) is 6.34. The van der Waals surface area contributed by atoms with Crippen LogP contribution < -0.4 is 5.30 Å². The van der Waals surface area contributed by atoms with Crippen LogP contribution in [0.25, 0.3) is 0 Å². The van der Waals surface area contributed by atoms with Crippen molar-refractivity contribution >= 4 is 18.6 Å². The first-order valence-corrected chi connectivity index (χ1v) is 5.25. The summed E-state index contributed by atoms with van der Waals surface area (Å²) in [6.45, 7) is 1.31. The van der Waals surface area contributed by atoms with E-state index in [1.54, 1.807) is 0 Å². The van der Waals surface area contributed by atoms with Crippen LogP contribution in [-0.2, 0) is 4.57 Å². The van der Waals surface area contributed by atoms with Crippen molar-refractivity contribution in [2.45, 2.75) is 6.92 Å². The van der Waals surface area contributed by atoms with E-state index >= 15 is 0 Å². The van der Waals surface area contributed by atoms with E-state index in [4.69, 9.17) is 9.79 Å². The van der Waals surface area contributed by atoms with Gasteiger partial charge < -0.3 is 9.79 Å². The Morgan fingerprint density at radius 2 is 2.00 bits per heavy atom. The molecule has 6 nitrogen and oxygen atoms in total. The molecule has 0 aliphatic heterocycles. The minimum absolute atomic E-state index is 0.00540. The Morgan fingerprint density at radius 3 is 2.43 bits per heavy atom. The highest BCUT2D eigenvalue weighted by Gasteiger charge is 2.24. The monoisotopic (exact) mass is 217 g/mol. The molecule has 0 saturated carbocycles. The Hall–Kier alpha value is -1.23. The van der Waals surface area contributed by atoms with Gasteiger partial charge in [0.25, 0.3) is 5.69 Å². The van der Waals surface area contributed by atoms with Crippen molar-refractivity contribution < 1.29 is 19.3 Å². The molecule has 1 aromatic carbocycles. The summed E-state index contributed by atoms with van der Waals surface area (Å²) in [5.41, 5.74) is -0.281. The van der Waals surface area contributed by atoms with Gasteiger partial charge in [-0.1, -0.05) is 6.07 Å². The molecule has 1 aromatic rings. The highest BCUT2D eigenvalue weighted by molar-refractivity contribution is 7.60. The van der Waals surface area contributed by atoms with Crippen LogP contribution >= 0.6 is 7.60 Å². The van der Waals surface area contributed by atoms with E-state index in [2.05, 4.69) is 0 Å². The molecule has 1 rings (SSSR count). The van der Waals surface area contributed by atoms with E-state index in [1.807, 2.05) is 0 Å². The van der Waals surface area contributed by atoms with Crippen molar-refractivity contribution in [3.63, 3.8) is 0 Å². The van der Waals surface area contributed by atoms with Gasteiger partial charge in [-0.05, 0) is 13.0 Å². The lowest BCUT2D eigenvalue weighted by Crippen LogP contribution is -2.10. The van der Waals surface area contributed by atoms with Crippen molar-refractivity contribution in [3.05, 3.63) is 33.9 Å². The molecule has 0 aromatic heterocycles. The van der Waals surface area contributed by atoms with Crippen LogP contribution in [0.15, 0.2) is 18.2 Å². The first-order valence-electron chi connectivity index (χ1n) is 3.64. The third-order valence-corrected chi connectivity index (χ3v) is 2.90. The maximum Gasteiger partial charge on any atom is 0.356 e. The number of benzene rings is 1. The molecule has 0 heterocycles. The molecule has 0 aliphatic carbocycles. The molecule has 0 amide bonds. The maximum atomic E-state index is 10.9. The molecule has 14 heavy (non-hydrogen) atoms. The first kappa shape index (κ1) is 10.8. The van der Waals surface area contributed by atoms with Crippen LogP contribution in [0.3, 0.4) is 0 Å². The molecular weight excluding hydrogens is 209 g/mol. The normalized spacial score (nSPS) is 11.4. The average Bonchev–Trinajstić information content (AvgIpc) is 2.01. The smallest absolute Gasteiger partial charge is 0.321 e. The molecule has 0 fully saturated rings. The Balaban J connectivity index is 3.43. The number of hydrogen-bond acceptors (Lipinski definition) is 3. The van der Waals surface area contributed by atoms with Gasteiger partial charge in [0.15, 0.2) is 0 Å². The van der Waals surface area contributed by atoms with E-state index in [-0.39, 0.29) is 16.6 Å². The molecule has 0 atom stereocenters. The van der Waals surface area contributed by atoms with Crippen molar-refractivity contribution in [2.24, 2.45) is 0 Å². The summed E-state index contributed by atoms with van der Waals surface area (Å²) in [5.74, 6) is 0. The van der Waals surface area contributed by atoms with Gasteiger partial charge in [-0.15, -0.1) is 0 Å². The second-order valence-corrected chi connectivity index (χ2v) is 4.29. The summed E-state index contributed by atoms with van der Waals surface area (Å²) < 4.78 is 10.9. The van der Waals surface area contributed by atoms with E-state index < -0.39 is 12.5 Å². The number of nitrogens with zero attached hydrogens (tertiary/aromatic N) is 1. The summed E-state index contributed by atoms with van der Waals surface area (Å²) in [5, 5.41) is 10.2. The van der Waals surface area contributed by atoms with E-state index in [9.17, 15) is 14.7 Å². The zero-order valence-corrected chi connectivity index (χ0v) is 8.14. The maximum absolute atomic E-state index is 10.9. The number of hydrogen-bond donors (Lipinski definition) is 2. The Bertz CT molecular complexity index is 424. The van der Waals surface area contributed by atoms with Gasteiger partial charge in [-0.3, -0.25) is 14.7 Å². The van der Waals surface area contributed by atoms with Gasteiger partial charge in [0.1, 0.15) is 0 Å². The molecule has 0 radical (unpaired) electrons. The highest BCUT2D eigenvalue weighted by atomic mass is 31.2. The quantitative estimate of drug-likeness (QED) is 0.431. The summed E-state index contributed by atoms with van der Waals surface area (Å²) in [6, 6.07) is 3.64. The number of nitro groups is 1. The van der Waals surface area contributed by atoms with Gasteiger partial charge in [0, 0.05) is 11.6 Å². The Morgan fingerprint density at radius 1 is 1.43 bits per heavy atom. The van der Waals surface area contributed by atoms with Crippen LogP contribution in [0.4, 0.5) is 5.69 Å². The fraction of sp³-hybridized carbons (Fsp3) is 0.143. The van der Waals surface area contributed by atoms with Gasteiger partial charge in [0.2, 0.25) is 0 Å². The lowest BCUT2D eigenvalue weighted by Gasteiger charge is -2.06. The Kier molecular flexibility index (Phi) is 2.71. The van der Waals surface area contributed by atoms with Gasteiger partial charge in [-0.25, -0.2) is 0 Å². The molecule has 2 N–H and O–H groups in total. The van der Waals surface area contributed by atoms with E-state index in [0.29, 0.717) is 0 Å². The second kappa shape index (κ2) is 3.49. The Labute approximate surface area is 79.5 Å². The lowest BCUT2D eigenvalue weighted by atomic mass is 10.2. The van der Waals surface area contributed by atoms with Crippen LogP contribution in [-0.4, -0.2) is 14.7 Å². The molecule has 0 aliphatic rings. The standard InChI is InChI=1S/C7H8NO5P/c1-5-6(8(9)10)3-2-4-7(5)14(11,12)13/h2-4H,1H3,(H2,11,12,13). The van der Waals surface area contributed by atoms with Gasteiger partial charge >= 0.3 is 7.60 Å². The molecule has 7 heteroatoms. The van der Waals surface area contributed by atoms with E-state index in [0.717, 1.165) is 0 Å². The highest BCUT2D eigenvalue weighted by Crippen LogP contribution is 2.36. The minimum Gasteiger partial charge on any atom is -0.321 e. The lowest BCUT2D eigenvalue weighted by molar-refractivity contribution is -0.385. The van der Waals surface area contributed by atoms with Crippen molar-refractivity contribution in [1.29, 1.82) is 0 Å². The largest absolute Gasteiger partial charge is 0.356 e. The van der Waals surface area contributed by atoms with Crippen LogP contribution in [0.5, 0.6) is 0 Å². The van der Waals surface area contributed by atoms with Crippen molar-refractivity contribution in [2.75, 3.05) is 0 Å². The van der Waals surface area contributed by atoms with Gasteiger partial charge in [-0.2, -0.15) is 0 Å². The fourth-order valence-electron chi connectivity index (χ4n) is 1.12. The third kappa shape index (κ3) is 1.98. The average molecular weight is 217 g/mol. The zero-order valence-electron chi connectivity index (χ0n) is 7.25. The summed E-state index contributed by atoms with van der Waals surface area (Å²) in [7, 11) is -4.43. The minimum atomic E-state index is -4.43. The fourth-order valence-corrected chi connectivity index (χ4v) is 1.96. The van der Waals surface area contributed by atoms with Crippen LogP contribution in [0, 0.1) is 17.0 Å². The van der Waals surface area contributed by atoms with Crippen molar-refractivity contribution in [3.8, 4) is 0 Å². The predicted molar refractivity (Wildman–Crippen MR) is 49.5 cm³/mol. The van der Waals surface area contributed by atoms with Crippen LogP contribution in [0.1, 0.15) is 5.56 Å². The number of rotatable bonds is 2. The molecule has 0 spiro atoms. The zero-order chi connectivity index (χ0) is 10.9. The molecule has 0 saturated heterocycles. The van der Waals surface area contributed by atoms with Crippen molar-refractivity contribution in [1.82, 2.24) is 0 Å².